The van der Waals surface area contributed by atoms with Gasteiger partial charge in [-0.05, 0) is 18.6 Å². The predicted molar refractivity (Wildman–Crippen MR) is 54.9 cm³/mol. The van der Waals surface area contributed by atoms with E-state index < -0.39 is 0 Å². The fraction of sp³-hybridized carbons (Fsp3) is 0.875. The van der Waals surface area contributed by atoms with Crippen LogP contribution in [0.3, 0.4) is 0 Å². The first-order chi connectivity index (χ1) is 5.76. The van der Waals surface area contributed by atoms with Crippen LogP contribution in [0.1, 0.15) is 33.1 Å². The highest BCUT2D eigenvalue weighted by Crippen LogP contribution is 2.16. The fourth-order valence-electron chi connectivity index (χ4n) is 0.847. The lowest BCUT2D eigenvalue weighted by atomic mass is 10.3. The Labute approximate surface area is 78.4 Å². The molecule has 4 heteroatoms. The maximum atomic E-state index is 8.44. The highest BCUT2D eigenvalue weighted by Gasteiger charge is 2.10. The van der Waals surface area contributed by atoms with E-state index >= 15 is 0 Å². The second-order valence-electron chi connectivity index (χ2n) is 2.65. The largest absolute Gasteiger partial charge is 0.409 e. The second kappa shape index (κ2) is 7.28. The average molecular weight is 190 g/mol. The molecule has 0 aromatic carbocycles. The number of oxime groups is 1. The first kappa shape index (κ1) is 11.6. The minimum atomic E-state index is 0.182. The second-order valence-corrected chi connectivity index (χ2v) is 3.96. The van der Waals surface area contributed by atoms with Crippen molar-refractivity contribution in [3.63, 3.8) is 0 Å². The lowest BCUT2D eigenvalue weighted by molar-refractivity contribution is 0.317. The molecule has 0 saturated carbocycles. The maximum Gasteiger partial charge on any atom is 0.152 e. The van der Waals surface area contributed by atoms with E-state index in [-0.39, 0.29) is 5.25 Å². The molecule has 72 valence electrons. The molecule has 0 aliphatic heterocycles. The SMILES string of the molecule is CCCCSC(CC)C(N)=NO. The Bertz CT molecular complexity index is 139. The van der Waals surface area contributed by atoms with Crippen LogP contribution in [-0.4, -0.2) is 22.0 Å². The van der Waals surface area contributed by atoms with Crippen molar-refractivity contribution in [2.75, 3.05) is 5.75 Å². The van der Waals surface area contributed by atoms with Crippen molar-refractivity contribution in [1.82, 2.24) is 0 Å². The van der Waals surface area contributed by atoms with E-state index in [1.54, 1.807) is 11.8 Å². The summed E-state index contributed by atoms with van der Waals surface area (Å²) in [6, 6.07) is 0. The molecule has 1 atom stereocenters. The van der Waals surface area contributed by atoms with E-state index in [1.807, 2.05) is 6.92 Å². The molecule has 0 aromatic rings. The van der Waals surface area contributed by atoms with Gasteiger partial charge in [0.05, 0.1) is 5.25 Å². The van der Waals surface area contributed by atoms with Crippen LogP contribution in [0.25, 0.3) is 0 Å². The van der Waals surface area contributed by atoms with Crippen LogP contribution in [0, 0.1) is 0 Å². The van der Waals surface area contributed by atoms with Gasteiger partial charge in [0.25, 0.3) is 0 Å². The van der Waals surface area contributed by atoms with Crippen LogP contribution in [0.15, 0.2) is 5.16 Å². The Morgan fingerprint density at radius 1 is 1.58 bits per heavy atom. The van der Waals surface area contributed by atoms with E-state index in [2.05, 4.69) is 12.1 Å². The minimum Gasteiger partial charge on any atom is -0.409 e. The molecule has 0 aliphatic carbocycles. The van der Waals surface area contributed by atoms with Gasteiger partial charge in [-0.3, -0.25) is 0 Å². The zero-order valence-electron chi connectivity index (χ0n) is 7.79. The van der Waals surface area contributed by atoms with Gasteiger partial charge < -0.3 is 10.9 Å². The molecule has 3 N–H and O–H groups in total. The van der Waals surface area contributed by atoms with Crippen molar-refractivity contribution in [3.8, 4) is 0 Å². The first-order valence-electron chi connectivity index (χ1n) is 4.35. The van der Waals surface area contributed by atoms with Crippen LogP contribution in [0.2, 0.25) is 0 Å². The number of nitrogens with zero attached hydrogens (tertiary/aromatic N) is 1. The van der Waals surface area contributed by atoms with E-state index in [1.165, 1.54) is 12.8 Å². The van der Waals surface area contributed by atoms with Crippen molar-refractivity contribution < 1.29 is 5.21 Å². The Hall–Kier alpha value is -0.380. The van der Waals surface area contributed by atoms with Gasteiger partial charge in [-0.2, -0.15) is 11.8 Å². The van der Waals surface area contributed by atoms with Crippen molar-refractivity contribution in [2.24, 2.45) is 10.9 Å². The Morgan fingerprint density at radius 3 is 2.67 bits per heavy atom. The highest BCUT2D eigenvalue weighted by molar-refractivity contribution is 8.00. The van der Waals surface area contributed by atoms with E-state index in [0.717, 1.165) is 12.2 Å². The van der Waals surface area contributed by atoms with Gasteiger partial charge in [-0.15, -0.1) is 0 Å². The van der Waals surface area contributed by atoms with Gasteiger partial charge in [-0.1, -0.05) is 25.4 Å². The molecule has 12 heavy (non-hydrogen) atoms. The molecule has 0 rings (SSSR count). The van der Waals surface area contributed by atoms with Gasteiger partial charge in [-0.25, -0.2) is 0 Å². The van der Waals surface area contributed by atoms with Gasteiger partial charge in [0.15, 0.2) is 5.84 Å². The summed E-state index contributed by atoms with van der Waals surface area (Å²) < 4.78 is 0. The average Bonchev–Trinajstić information content (AvgIpc) is 2.11. The molecule has 0 aromatic heterocycles. The van der Waals surface area contributed by atoms with Crippen LogP contribution in [-0.2, 0) is 0 Å². The van der Waals surface area contributed by atoms with Crippen LogP contribution < -0.4 is 5.73 Å². The Balaban J connectivity index is 3.68. The molecule has 0 spiro atoms. The predicted octanol–water partition coefficient (Wildman–Crippen LogP) is 2.04. The third kappa shape index (κ3) is 4.49. The molecular weight excluding hydrogens is 172 g/mol. The monoisotopic (exact) mass is 190 g/mol. The molecule has 3 nitrogen and oxygen atoms in total. The van der Waals surface area contributed by atoms with Crippen LogP contribution in [0.4, 0.5) is 0 Å². The zero-order chi connectivity index (χ0) is 9.40. The van der Waals surface area contributed by atoms with Crippen LogP contribution >= 0.6 is 11.8 Å². The summed E-state index contributed by atoms with van der Waals surface area (Å²) in [5, 5.41) is 11.6. The molecule has 0 fully saturated rings. The zero-order valence-corrected chi connectivity index (χ0v) is 8.60. The highest BCUT2D eigenvalue weighted by atomic mass is 32.2. The number of amidine groups is 1. The number of hydrogen-bond donors (Lipinski definition) is 2. The maximum absolute atomic E-state index is 8.44. The lowest BCUT2D eigenvalue weighted by Crippen LogP contribution is -2.25. The van der Waals surface area contributed by atoms with Gasteiger partial charge in [0.2, 0.25) is 0 Å². The minimum absolute atomic E-state index is 0.182. The van der Waals surface area contributed by atoms with Crippen molar-refractivity contribution >= 4 is 17.6 Å². The standard InChI is InChI=1S/C8H18N2OS/c1-3-5-6-12-7(4-2)8(9)10-11/h7,11H,3-6H2,1-2H3,(H2,9,10). The molecule has 0 heterocycles. The third-order valence-electron chi connectivity index (χ3n) is 1.63. The van der Waals surface area contributed by atoms with E-state index in [0.29, 0.717) is 5.84 Å². The van der Waals surface area contributed by atoms with Crippen molar-refractivity contribution in [3.05, 3.63) is 0 Å². The quantitative estimate of drug-likeness (QED) is 0.221. The number of rotatable bonds is 6. The van der Waals surface area contributed by atoms with Gasteiger partial charge in [0, 0.05) is 0 Å². The molecule has 1 unspecified atom stereocenters. The Kier molecular flexibility index (Phi) is 7.05. The summed E-state index contributed by atoms with van der Waals surface area (Å²) in [5.74, 6) is 1.43. The smallest absolute Gasteiger partial charge is 0.152 e. The molecule has 0 radical (unpaired) electrons. The molecule has 0 bridgehead atoms. The van der Waals surface area contributed by atoms with E-state index in [4.69, 9.17) is 10.9 Å². The van der Waals surface area contributed by atoms with Crippen molar-refractivity contribution in [2.45, 2.75) is 38.4 Å². The molecule has 0 saturated heterocycles. The van der Waals surface area contributed by atoms with Gasteiger partial charge in [0.1, 0.15) is 0 Å². The normalized spacial score (nSPS) is 14.7. The summed E-state index contributed by atoms with van der Waals surface area (Å²) in [6.45, 7) is 4.20. The Morgan fingerprint density at radius 2 is 2.25 bits per heavy atom. The first-order valence-corrected chi connectivity index (χ1v) is 5.40. The number of unbranched alkanes of at least 4 members (excludes halogenated alkanes) is 1. The summed E-state index contributed by atoms with van der Waals surface area (Å²) >= 11 is 1.76. The summed E-state index contributed by atoms with van der Waals surface area (Å²) in [7, 11) is 0. The topological polar surface area (TPSA) is 58.6 Å². The third-order valence-corrected chi connectivity index (χ3v) is 3.13. The lowest BCUT2D eigenvalue weighted by Gasteiger charge is -2.11. The number of hydrogen-bond acceptors (Lipinski definition) is 3. The van der Waals surface area contributed by atoms with E-state index in [9.17, 15) is 0 Å². The number of nitrogens with two attached hydrogens (primary N) is 1. The molecular formula is C8H18N2OS. The number of thioether (sulfide) groups is 1. The fourth-order valence-corrected chi connectivity index (χ4v) is 2.04. The summed E-state index contributed by atoms with van der Waals surface area (Å²) in [4.78, 5) is 0. The summed E-state index contributed by atoms with van der Waals surface area (Å²) in [5.41, 5.74) is 5.49. The molecule has 0 aliphatic rings. The summed E-state index contributed by atoms with van der Waals surface area (Å²) in [6.07, 6.45) is 3.31. The van der Waals surface area contributed by atoms with Crippen LogP contribution in [0.5, 0.6) is 0 Å². The van der Waals surface area contributed by atoms with Crippen molar-refractivity contribution in [1.29, 1.82) is 0 Å². The van der Waals surface area contributed by atoms with Gasteiger partial charge >= 0.3 is 0 Å². The molecule has 0 amide bonds.